The maximum atomic E-state index is 11.4. The third-order valence-electron chi connectivity index (χ3n) is 2.54. The topological polar surface area (TPSA) is 35.5 Å². The molecule has 1 aliphatic rings. The first-order chi connectivity index (χ1) is 7.26. The van der Waals surface area contributed by atoms with Gasteiger partial charge in [-0.2, -0.15) is 0 Å². The number of carbonyl (C=O) groups excluding carboxylic acids is 1. The summed E-state index contributed by atoms with van der Waals surface area (Å²) in [6.45, 7) is 0. The lowest BCUT2D eigenvalue weighted by atomic mass is 10.1. The second kappa shape index (κ2) is 3.77. The Labute approximate surface area is 88.3 Å². The van der Waals surface area contributed by atoms with Crippen LogP contribution in [0.1, 0.15) is 11.1 Å². The fourth-order valence-electron chi connectivity index (χ4n) is 1.74. The highest BCUT2D eigenvalue weighted by molar-refractivity contribution is 6.18. The first-order valence-corrected chi connectivity index (χ1v) is 4.72. The van der Waals surface area contributed by atoms with E-state index in [-0.39, 0.29) is 5.97 Å². The van der Waals surface area contributed by atoms with Crippen molar-refractivity contribution in [1.29, 1.82) is 0 Å². The minimum absolute atomic E-state index is 0.290. The monoisotopic (exact) mass is 204 g/mol. The van der Waals surface area contributed by atoms with Crippen LogP contribution in [0.25, 0.3) is 5.57 Å². The fourth-order valence-corrected chi connectivity index (χ4v) is 1.74. The zero-order valence-corrected chi connectivity index (χ0v) is 8.74. The van der Waals surface area contributed by atoms with Crippen LogP contribution in [0.4, 0.5) is 0 Å². The van der Waals surface area contributed by atoms with Crippen molar-refractivity contribution in [3.8, 4) is 5.75 Å². The molecule has 0 radical (unpaired) electrons. The maximum absolute atomic E-state index is 11.4. The molecule has 0 aliphatic heterocycles. The lowest BCUT2D eigenvalue weighted by molar-refractivity contribution is -0.133. The number of allylic oxidation sites excluding steroid dienone is 1. The molecule has 0 spiro atoms. The molecule has 3 heteroatoms. The molecule has 1 aromatic rings. The van der Waals surface area contributed by atoms with Crippen molar-refractivity contribution in [2.45, 2.75) is 6.42 Å². The lowest BCUT2D eigenvalue weighted by Crippen LogP contribution is -2.02. The van der Waals surface area contributed by atoms with E-state index in [1.54, 1.807) is 7.11 Å². The van der Waals surface area contributed by atoms with E-state index in [1.165, 1.54) is 7.11 Å². The van der Waals surface area contributed by atoms with E-state index in [4.69, 9.17) is 9.47 Å². The standard InChI is InChI=1S/C12H12O3/c1-14-9-5-3-8-4-6-10(11(8)7-9)12(13)15-2/h3,5-7H,4H2,1-2H3. The number of methoxy groups -OCH3 is 2. The third-order valence-corrected chi connectivity index (χ3v) is 2.54. The minimum Gasteiger partial charge on any atom is -0.497 e. The van der Waals surface area contributed by atoms with Gasteiger partial charge in [0, 0.05) is 0 Å². The van der Waals surface area contributed by atoms with Gasteiger partial charge in [-0.15, -0.1) is 0 Å². The van der Waals surface area contributed by atoms with Crippen molar-refractivity contribution in [1.82, 2.24) is 0 Å². The molecule has 0 saturated heterocycles. The van der Waals surface area contributed by atoms with E-state index in [2.05, 4.69) is 0 Å². The van der Waals surface area contributed by atoms with E-state index >= 15 is 0 Å². The van der Waals surface area contributed by atoms with Gasteiger partial charge in [-0.1, -0.05) is 12.1 Å². The van der Waals surface area contributed by atoms with Gasteiger partial charge in [0.25, 0.3) is 0 Å². The van der Waals surface area contributed by atoms with Crippen LogP contribution in [0.15, 0.2) is 24.3 Å². The van der Waals surface area contributed by atoms with Crippen LogP contribution < -0.4 is 4.74 Å². The van der Waals surface area contributed by atoms with Crippen molar-refractivity contribution in [3.63, 3.8) is 0 Å². The van der Waals surface area contributed by atoms with Crippen molar-refractivity contribution in [2.75, 3.05) is 14.2 Å². The highest BCUT2D eigenvalue weighted by Crippen LogP contribution is 2.31. The van der Waals surface area contributed by atoms with E-state index in [0.717, 1.165) is 23.3 Å². The summed E-state index contributed by atoms with van der Waals surface area (Å²) < 4.78 is 9.84. The average molecular weight is 204 g/mol. The Morgan fingerprint density at radius 1 is 1.33 bits per heavy atom. The van der Waals surface area contributed by atoms with E-state index in [1.807, 2.05) is 24.3 Å². The molecular weight excluding hydrogens is 192 g/mol. The van der Waals surface area contributed by atoms with Crippen LogP contribution in [0.2, 0.25) is 0 Å². The van der Waals surface area contributed by atoms with Gasteiger partial charge in [0.15, 0.2) is 0 Å². The predicted molar refractivity (Wildman–Crippen MR) is 56.7 cm³/mol. The molecule has 78 valence electrons. The molecule has 0 atom stereocenters. The predicted octanol–water partition coefficient (Wildman–Crippen LogP) is 1.81. The Hall–Kier alpha value is -1.77. The first-order valence-electron chi connectivity index (χ1n) is 4.72. The number of hydrogen-bond acceptors (Lipinski definition) is 3. The number of hydrogen-bond donors (Lipinski definition) is 0. The van der Waals surface area contributed by atoms with Crippen LogP contribution in [-0.4, -0.2) is 20.2 Å². The molecular formula is C12H12O3. The fraction of sp³-hybridized carbons (Fsp3) is 0.250. The molecule has 0 fully saturated rings. The van der Waals surface area contributed by atoms with Gasteiger partial charge in [0.1, 0.15) is 5.75 Å². The molecule has 15 heavy (non-hydrogen) atoms. The molecule has 0 saturated carbocycles. The maximum Gasteiger partial charge on any atom is 0.338 e. The summed E-state index contributed by atoms with van der Waals surface area (Å²) in [5.41, 5.74) is 2.68. The highest BCUT2D eigenvalue weighted by atomic mass is 16.5. The number of carbonyl (C=O) groups is 1. The molecule has 1 aromatic carbocycles. The van der Waals surface area contributed by atoms with Gasteiger partial charge in [-0.25, -0.2) is 4.79 Å². The number of fused-ring (bicyclic) bond motifs is 1. The Bertz CT molecular complexity index is 432. The Morgan fingerprint density at radius 3 is 2.80 bits per heavy atom. The van der Waals surface area contributed by atoms with Crippen molar-refractivity contribution in [3.05, 3.63) is 35.4 Å². The SMILES string of the molecule is COC(=O)C1=CCc2ccc(OC)cc21. The summed E-state index contributed by atoms with van der Waals surface area (Å²) in [5.74, 6) is 0.465. The van der Waals surface area contributed by atoms with Gasteiger partial charge in [0.05, 0.1) is 19.8 Å². The Kier molecular flexibility index (Phi) is 2.46. The molecule has 1 aliphatic carbocycles. The molecule has 0 unspecified atom stereocenters. The number of benzene rings is 1. The van der Waals surface area contributed by atoms with E-state index in [0.29, 0.717) is 5.57 Å². The van der Waals surface area contributed by atoms with Crippen molar-refractivity contribution in [2.24, 2.45) is 0 Å². The second-order valence-electron chi connectivity index (χ2n) is 3.34. The molecule has 0 aromatic heterocycles. The molecule has 0 amide bonds. The normalized spacial score (nSPS) is 13.1. The van der Waals surface area contributed by atoms with Crippen LogP contribution in [0.5, 0.6) is 5.75 Å². The van der Waals surface area contributed by atoms with Gasteiger partial charge in [0.2, 0.25) is 0 Å². The molecule has 0 bridgehead atoms. The van der Waals surface area contributed by atoms with Crippen molar-refractivity contribution >= 4 is 11.5 Å². The first kappa shape index (κ1) is 9.77. The van der Waals surface area contributed by atoms with Crippen LogP contribution in [-0.2, 0) is 16.0 Å². The quantitative estimate of drug-likeness (QED) is 0.689. The van der Waals surface area contributed by atoms with Gasteiger partial charge < -0.3 is 9.47 Å². The molecule has 0 heterocycles. The van der Waals surface area contributed by atoms with Crippen LogP contribution in [0, 0.1) is 0 Å². The van der Waals surface area contributed by atoms with Gasteiger partial charge in [-0.3, -0.25) is 0 Å². The van der Waals surface area contributed by atoms with Gasteiger partial charge in [-0.05, 0) is 29.7 Å². The van der Waals surface area contributed by atoms with E-state index in [9.17, 15) is 4.79 Å². The summed E-state index contributed by atoms with van der Waals surface area (Å²) in [5, 5.41) is 0. The summed E-state index contributed by atoms with van der Waals surface area (Å²) in [6, 6.07) is 5.73. The summed E-state index contributed by atoms with van der Waals surface area (Å²) in [4.78, 5) is 11.4. The largest absolute Gasteiger partial charge is 0.497 e. The Balaban J connectivity index is 2.42. The van der Waals surface area contributed by atoms with E-state index < -0.39 is 0 Å². The Morgan fingerprint density at radius 2 is 2.13 bits per heavy atom. The summed E-state index contributed by atoms with van der Waals surface area (Å²) in [7, 11) is 3.00. The number of ether oxygens (including phenoxy) is 2. The number of rotatable bonds is 2. The average Bonchev–Trinajstić information content (AvgIpc) is 2.70. The second-order valence-corrected chi connectivity index (χ2v) is 3.34. The van der Waals surface area contributed by atoms with Crippen molar-refractivity contribution < 1.29 is 14.3 Å². The van der Waals surface area contributed by atoms with Gasteiger partial charge >= 0.3 is 5.97 Å². The molecule has 3 nitrogen and oxygen atoms in total. The highest BCUT2D eigenvalue weighted by Gasteiger charge is 2.21. The zero-order valence-electron chi connectivity index (χ0n) is 8.74. The minimum atomic E-state index is -0.290. The molecule has 0 N–H and O–H groups in total. The lowest BCUT2D eigenvalue weighted by Gasteiger charge is -2.06. The summed E-state index contributed by atoms with van der Waals surface area (Å²) in [6.07, 6.45) is 2.67. The van der Waals surface area contributed by atoms with Crippen LogP contribution in [0.3, 0.4) is 0 Å². The van der Waals surface area contributed by atoms with Crippen LogP contribution >= 0.6 is 0 Å². The summed E-state index contributed by atoms with van der Waals surface area (Å²) >= 11 is 0. The third kappa shape index (κ3) is 1.61. The smallest absolute Gasteiger partial charge is 0.338 e. The number of esters is 1. The zero-order chi connectivity index (χ0) is 10.8. The molecule has 2 rings (SSSR count).